The Hall–Kier alpha value is -2.53. The van der Waals surface area contributed by atoms with Crippen molar-refractivity contribution in [3.05, 3.63) is 28.5 Å². The van der Waals surface area contributed by atoms with E-state index in [9.17, 15) is 13.2 Å². The van der Waals surface area contributed by atoms with E-state index < -0.39 is 9.84 Å². The molecule has 1 unspecified atom stereocenters. The first-order valence-corrected chi connectivity index (χ1v) is 13.9. The van der Waals surface area contributed by atoms with E-state index in [2.05, 4.69) is 39.1 Å². The van der Waals surface area contributed by atoms with Crippen molar-refractivity contribution in [2.75, 3.05) is 34.8 Å². The first-order valence-electron chi connectivity index (χ1n) is 11.2. The number of carbonyl (C=O) groups excluding carboxylic acids is 1. The summed E-state index contributed by atoms with van der Waals surface area (Å²) in [6, 6.07) is 1.59. The zero-order chi connectivity index (χ0) is 23.3. The number of carbonyl (C=O) groups is 1. The van der Waals surface area contributed by atoms with Crippen LogP contribution in [0.2, 0.25) is 0 Å². The Labute approximate surface area is 197 Å². The Morgan fingerprint density at radius 3 is 2.61 bits per heavy atom. The molecule has 176 valence electrons. The number of amides is 1. The summed E-state index contributed by atoms with van der Waals surface area (Å²) in [4.78, 5) is 26.6. The van der Waals surface area contributed by atoms with Crippen molar-refractivity contribution in [1.82, 2.24) is 19.7 Å². The number of nitrogens with one attached hydrogen (secondary N) is 1. The van der Waals surface area contributed by atoms with Crippen LogP contribution in [0.1, 0.15) is 41.4 Å². The molecule has 11 heteroatoms. The van der Waals surface area contributed by atoms with Gasteiger partial charge in [0, 0.05) is 30.0 Å². The van der Waals surface area contributed by atoms with Crippen LogP contribution in [0.3, 0.4) is 0 Å². The van der Waals surface area contributed by atoms with Crippen LogP contribution in [-0.2, 0) is 14.6 Å². The molecule has 2 aliphatic heterocycles. The third kappa shape index (κ3) is 4.23. The van der Waals surface area contributed by atoms with Crippen molar-refractivity contribution in [3.8, 4) is 0 Å². The topological polar surface area (TPSA) is 110 Å². The van der Waals surface area contributed by atoms with E-state index in [0.29, 0.717) is 12.2 Å². The first kappa shape index (κ1) is 22.3. The van der Waals surface area contributed by atoms with E-state index in [0.717, 1.165) is 47.7 Å². The predicted octanol–water partition coefficient (Wildman–Crippen LogP) is 3.03. The highest BCUT2D eigenvalue weighted by Gasteiger charge is 2.33. The van der Waals surface area contributed by atoms with Gasteiger partial charge < -0.3 is 10.2 Å². The lowest BCUT2D eigenvalue weighted by Crippen LogP contribution is -2.39. The van der Waals surface area contributed by atoms with E-state index in [-0.39, 0.29) is 29.4 Å². The monoisotopic (exact) mass is 488 g/mol. The lowest BCUT2D eigenvalue weighted by atomic mass is 9.95. The number of rotatable bonds is 4. The molecule has 1 amide bonds. The van der Waals surface area contributed by atoms with Gasteiger partial charge in [0.1, 0.15) is 22.8 Å². The Morgan fingerprint density at radius 2 is 1.91 bits per heavy atom. The zero-order valence-electron chi connectivity index (χ0n) is 19.0. The van der Waals surface area contributed by atoms with E-state index in [1.807, 2.05) is 13.0 Å². The highest BCUT2D eigenvalue weighted by molar-refractivity contribution is 7.91. The molecule has 0 bridgehead atoms. The first-order chi connectivity index (χ1) is 15.7. The van der Waals surface area contributed by atoms with E-state index in [1.54, 1.807) is 22.3 Å². The van der Waals surface area contributed by atoms with Crippen molar-refractivity contribution in [2.45, 2.75) is 46.1 Å². The summed E-state index contributed by atoms with van der Waals surface area (Å²) >= 11 is 1.69. The fraction of sp³-hybridized carbons (Fsp3) is 0.545. The van der Waals surface area contributed by atoms with E-state index in [1.165, 1.54) is 10.4 Å². The van der Waals surface area contributed by atoms with E-state index >= 15 is 0 Å². The molecule has 0 aliphatic carbocycles. The number of fused-ring (bicyclic) bond motifs is 1. The van der Waals surface area contributed by atoms with Gasteiger partial charge in [-0.05, 0) is 45.6 Å². The number of aryl methyl sites for hydroxylation is 3. The standard InChI is InChI=1S/C22H28N6O3S2/c1-13-10-18(28(26-13)17-6-9-33(30,31)11-17)25-21(29)16-4-7-27(8-5-16)20-19-14(2)15(3)32-22(19)24-12-23-20/h10,12,16-17H,4-9,11H2,1-3H3,(H,25,29). The Balaban J connectivity index is 1.27. The SMILES string of the molecule is Cc1cc(NC(=O)C2CCN(c3ncnc4sc(C)c(C)c34)CC2)n(C2CCS(=O)(=O)C2)n1. The highest BCUT2D eigenvalue weighted by Crippen LogP contribution is 2.36. The smallest absolute Gasteiger partial charge is 0.228 e. The van der Waals surface area contributed by atoms with Crippen LogP contribution in [0, 0.1) is 26.7 Å². The van der Waals surface area contributed by atoms with Gasteiger partial charge in [-0.2, -0.15) is 5.10 Å². The lowest BCUT2D eigenvalue weighted by Gasteiger charge is -2.32. The minimum atomic E-state index is -3.04. The number of hydrogen-bond donors (Lipinski definition) is 1. The van der Waals surface area contributed by atoms with Crippen molar-refractivity contribution in [2.24, 2.45) is 5.92 Å². The van der Waals surface area contributed by atoms with Crippen LogP contribution in [0.25, 0.3) is 10.2 Å². The minimum absolute atomic E-state index is 0.0351. The van der Waals surface area contributed by atoms with Gasteiger partial charge >= 0.3 is 0 Å². The number of nitrogens with zero attached hydrogens (tertiary/aromatic N) is 5. The van der Waals surface area contributed by atoms with Crippen LogP contribution < -0.4 is 10.2 Å². The van der Waals surface area contributed by atoms with Crippen LogP contribution in [-0.4, -0.2) is 58.7 Å². The second kappa shape index (κ2) is 8.35. The van der Waals surface area contributed by atoms with Crippen molar-refractivity contribution in [3.63, 3.8) is 0 Å². The molecule has 0 aromatic carbocycles. The van der Waals surface area contributed by atoms with Crippen LogP contribution >= 0.6 is 11.3 Å². The normalized spacial score (nSPS) is 21.1. The average Bonchev–Trinajstić information content (AvgIpc) is 3.42. The summed E-state index contributed by atoms with van der Waals surface area (Å²) in [6.45, 7) is 7.57. The van der Waals surface area contributed by atoms with E-state index in [4.69, 9.17) is 0 Å². The summed E-state index contributed by atoms with van der Waals surface area (Å²) < 4.78 is 25.5. The maximum Gasteiger partial charge on any atom is 0.228 e. The Bertz CT molecular complexity index is 1320. The lowest BCUT2D eigenvalue weighted by molar-refractivity contribution is -0.120. The molecule has 5 rings (SSSR count). The molecule has 5 heterocycles. The second-order valence-corrected chi connectivity index (χ2v) is 12.5. The summed E-state index contributed by atoms with van der Waals surface area (Å²) in [7, 11) is -3.04. The molecule has 2 fully saturated rings. The van der Waals surface area contributed by atoms with Crippen molar-refractivity contribution < 1.29 is 13.2 Å². The van der Waals surface area contributed by atoms with Gasteiger partial charge in [0.15, 0.2) is 9.84 Å². The molecule has 9 nitrogen and oxygen atoms in total. The summed E-state index contributed by atoms with van der Waals surface area (Å²) in [6.07, 6.45) is 3.60. The molecule has 0 saturated carbocycles. The molecule has 1 atom stereocenters. The second-order valence-electron chi connectivity index (χ2n) is 9.08. The quantitative estimate of drug-likeness (QED) is 0.601. The maximum atomic E-state index is 13.1. The summed E-state index contributed by atoms with van der Waals surface area (Å²) in [5.41, 5.74) is 1.99. The third-order valence-corrected chi connectivity index (χ3v) is 9.64. The van der Waals surface area contributed by atoms with Gasteiger partial charge in [-0.15, -0.1) is 11.3 Å². The Kier molecular flexibility index (Phi) is 5.64. The number of hydrogen-bond acceptors (Lipinski definition) is 8. The van der Waals surface area contributed by atoms with Crippen LogP contribution in [0.15, 0.2) is 12.4 Å². The van der Waals surface area contributed by atoms with Gasteiger partial charge in [-0.1, -0.05) is 0 Å². The number of sulfone groups is 1. The van der Waals surface area contributed by atoms with Crippen molar-refractivity contribution >= 4 is 48.9 Å². The molecule has 0 radical (unpaired) electrons. The predicted molar refractivity (Wildman–Crippen MR) is 130 cm³/mol. The molecule has 3 aromatic heterocycles. The van der Waals surface area contributed by atoms with Gasteiger partial charge in [-0.25, -0.2) is 23.1 Å². The molecule has 33 heavy (non-hydrogen) atoms. The van der Waals surface area contributed by atoms with Gasteiger partial charge in [0.05, 0.1) is 28.6 Å². The molecule has 2 aliphatic rings. The summed E-state index contributed by atoms with van der Waals surface area (Å²) in [5.74, 6) is 1.64. The number of thiophene rings is 1. The van der Waals surface area contributed by atoms with Crippen molar-refractivity contribution in [1.29, 1.82) is 0 Å². The van der Waals surface area contributed by atoms with Gasteiger partial charge in [-0.3, -0.25) is 4.79 Å². The summed E-state index contributed by atoms with van der Waals surface area (Å²) in [5, 5.41) is 8.61. The van der Waals surface area contributed by atoms with Gasteiger partial charge in [0.25, 0.3) is 0 Å². The molecule has 2 saturated heterocycles. The van der Waals surface area contributed by atoms with Crippen LogP contribution in [0.4, 0.5) is 11.6 Å². The maximum absolute atomic E-state index is 13.1. The molecular weight excluding hydrogens is 460 g/mol. The number of anilines is 2. The molecule has 1 N–H and O–H groups in total. The molecule has 0 spiro atoms. The van der Waals surface area contributed by atoms with Crippen LogP contribution in [0.5, 0.6) is 0 Å². The van der Waals surface area contributed by atoms with Gasteiger partial charge in [0.2, 0.25) is 5.91 Å². The average molecular weight is 489 g/mol. The fourth-order valence-corrected chi connectivity index (χ4v) is 7.53. The highest BCUT2D eigenvalue weighted by atomic mass is 32.2. The molecular formula is C22H28N6O3S2. The fourth-order valence-electron chi connectivity index (χ4n) is 4.84. The minimum Gasteiger partial charge on any atom is -0.356 e. The Morgan fingerprint density at radius 1 is 1.15 bits per heavy atom. The zero-order valence-corrected chi connectivity index (χ0v) is 20.7. The number of aromatic nitrogens is 4. The molecule has 3 aromatic rings. The largest absolute Gasteiger partial charge is 0.356 e. The third-order valence-electron chi connectivity index (χ3n) is 6.77. The number of piperidine rings is 1.